The first-order chi connectivity index (χ1) is 4.73. The summed E-state index contributed by atoms with van der Waals surface area (Å²) in [4.78, 5) is 37.9. The summed E-state index contributed by atoms with van der Waals surface area (Å²) >= 11 is 0. The molecule has 0 rings (SSSR count). The van der Waals surface area contributed by atoms with Crippen molar-refractivity contribution in [1.29, 1.82) is 0 Å². The Morgan fingerprint density at radius 2 is 1.08 bits per heavy atom. The molecule has 0 aliphatic carbocycles. The molecule has 0 saturated heterocycles. The van der Waals surface area contributed by atoms with Gasteiger partial charge in [0.2, 0.25) is 0 Å². The average Bonchev–Trinajstić information content (AvgIpc) is 1.63. The van der Waals surface area contributed by atoms with Crippen LogP contribution in [0.25, 0.3) is 0 Å². The summed E-state index contributed by atoms with van der Waals surface area (Å²) in [7, 11) is -4.61. The van der Waals surface area contributed by atoms with Crippen molar-refractivity contribution < 1.29 is 65.2 Å². The predicted molar refractivity (Wildman–Crippen MR) is 37.6 cm³/mol. The first-order valence-electron chi connectivity index (χ1n) is 2.05. The Bertz CT molecular complexity index is 96.4. The molecule has 0 amide bonds. The number of hydrogen-bond acceptors (Lipinski definition) is 5. The van der Waals surface area contributed by atoms with E-state index in [0.717, 1.165) is 0 Å². The Morgan fingerprint density at radius 1 is 1.08 bits per heavy atom. The second-order valence-corrected chi connectivity index (χ2v) is 2.08. The standard InChI is InChI=1S/C2H4.CH2O3.Na.H4O4Si.H/c1-2;2-1(3)4;;1-5(2,3)4;/h1-2H2;(H2,2,3,4);;1-4H;/q;;+1;;-1. The van der Waals surface area contributed by atoms with Crippen LogP contribution in [0.2, 0.25) is 0 Å². The van der Waals surface area contributed by atoms with Gasteiger partial charge in [-0.1, -0.05) is 0 Å². The number of rotatable bonds is 0. The monoisotopic (exact) mass is 210 g/mol. The molecule has 0 aliphatic heterocycles. The molecule has 0 bridgehead atoms. The summed E-state index contributed by atoms with van der Waals surface area (Å²) < 4.78 is 0. The molecule has 9 heteroatoms. The molecule has 0 fully saturated rings. The van der Waals surface area contributed by atoms with Gasteiger partial charge in [-0.2, -0.15) is 0 Å². The molecule has 0 atom stereocenters. The Morgan fingerprint density at radius 3 is 1.08 bits per heavy atom. The summed E-state index contributed by atoms with van der Waals surface area (Å²) in [6.07, 6.45) is -1.83. The minimum absolute atomic E-state index is 0. The van der Waals surface area contributed by atoms with Crippen molar-refractivity contribution in [3.63, 3.8) is 0 Å². The summed E-state index contributed by atoms with van der Waals surface area (Å²) in [5.74, 6) is 0. The molecule has 6 N–H and O–H groups in total. The van der Waals surface area contributed by atoms with Crippen molar-refractivity contribution in [2.75, 3.05) is 0 Å². The topological polar surface area (TPSA) is 138 Å². The zero-order valence-electron chi connectivity index (χ0n) is 7.51. The molecule has 0 aromatic rings. The van der Waals surface area contributed by atoms with Crippen LogP contribution in [0, 0.1) is 0 Å². The van der Waals surface area contributed by atoms with Crippen LogP contribution in [0.1, 0.15) is 1.43 Å². The fraction of sp³-hybridized carbons (Fsp3) is 0. The van der Waals surface area contributed by atoms with E-state index in [1.54, 1.807) is 0 Å². The fourth-order valence-corrected chi connectivity index (χ4v) is 0. The molecule has 0 unspecified atom stereocenters. The Kier molecular flexibility index (Phi) is 25.8. The average molecular weight is 210 g/mol. The summed E-state index contributed by atoms with van der Waals surface area (Å²) in [6.45, 7) is 6.00. The second-order valence-electron chi connectivity index (χ2n) is 0.883. The summed E-state index contributed by atoms with van der Waals surface area (Å²) in [5.41, 5.74) is 0. The molecule has 0 spiro atoms. The minimum atomic E-state index is -4.61. The van der Waals surface area contributed by atoms with Crippen LogP contribution in [0.5, 0.6) is 0 Å². The van der Waals surface area contributed by atoms with E-state index in [1.165, 1.54) is 0 Å². The molecule has 0 aliphatic rings. The van der Waals surface area contributed by atoms with E-state index in [0.29, 0.717) is 0 Å². The van der Waals surface area contributed by atoms with Crippen molar-refractivity contribution in [1.82, 2.24) is 0 Å². The van der Waals surface area contributed by atoms with Crippen LogP contribution in [-0.4, -0.2) is 44.6 Å². The van der Waals surface area contributed by atoms with Crippen LogP contribution in [-0.2, 0) is 0 Å². The molecule has 0 aromatic carbocycles. The number of carboxylic acid groups (broad SMARTS) is 2. The summed E-state index contributed by atoms with van der Waals surface area (Å²) in [5, 5.41) is 13.9. The van der Waals surface area contributed by atoms with Crippen molar-refractivity contribution >= 4 is 15.2 Å². The molecule has 0 saturated carbocycles. The van der Waals surface area contributed by atoms with Crippen LogP contribution < -0.4 is 29.6 Å². The van der Waals surface area contributed by atoms with Gasteiger partial charge in [-0.05, 0) is 0 Å². The van der Waals surface area contributed by atoms with Crippen LogP contribution in [0.15, 0.2) is 13.2 Å². The summed E-state index contributed by atoms with van der Waals surface area (Å²) in [6, 6.07) is 0. The maximum Gasteiger partial charge on any atom is 1.00 e. The molecule has 12 heavy (non-hydrogen) atoms. The van der Waals surface area contributed by atoms with Crippen LogP contribution >= 0.6 is 0 Å². The third kappa shape index (κ3) is 185000. The molecular formula is C3H11NaO7Si. The van der Waals surface area contributed by atoms with E-state index in [1.807, 2.05) is 0 Å². The van der Waals surface area contributed by atoms with Crippen LogP contribution in [0.3, 0.4) is 0 Å². The van der Waals surface area contributed by atoms with Gasteiger partial charge in [0, 0.05) is 0 Å². The Hall–Kier alpha value is 0.0669. The predicted octanol–water partition coefficient (Wildman–Crippen LogP) is -4.47. The number of carbonyl (C=O) groups is 1. The van der Waals surface area contributed by atoms with Gasteiger partial charge in [0.1, 0.15) is 0 Å². The molecular weight excluding hydrogens is 199 g/mol. The Balaban J connectivity index is -0.0000000246. The van der Waals surface area contributed by atoms with Crippen molar-refractivity contribution in [3.8, 4) is 0 Å². The van der Waals surface area contributed by atoms with Gasteiger partial charge in [0.25, 0.3) is 0 Å². The largest absolute Gasteiger partial charge is 1.00 e. The second kappa shape index (κ2) is 13.6. The van der Waals surface area contributed by atoms with Gasteiger partial charge in [0.05, 0.1) is 0 Å². The SMILES string of the molecule is C=C.O=C(O)O.O[Si](O)(O)O.[H-].[Na+]. The van der Waals surface area contributed by atoms with Gasteiger partial charge in [-0.25, -0.2) is 4.79 Å². The van der Waals surface area contributed by atoms with Gasteiger partial charge >= 0.3 is 44.8 Å². The van der Waals surface area contributed by atoms with E-state index in [-0.39, 0.29) is 31.0 Å². The molecule has 0 aromatic heterocycles. The van der Waals surface area contributed by atoms with Gasteiger partial charge < -0.3 is 30.8 Å². The molecule has 7 nitrogen and oxygen atoms in total. The first kappa shape index (κ1) is 22.7. The fourth-order valence-electron chi connectivity index (χ4n) is 0. The van der Waals surface area contributed by atoms with Crippen molar-refractivity contribution in [2.45, 2.75) is 0 Å². The quantitative estimate of drug-likeness (QED) is 0.175. The van der Waals surface area contributed by atoms with Gasteiger partial charge in [-0.3, -0.25) is 0 Å². The molecule has 70 valence electrons. The van der Waals surface area contributed by atoms with E-state index < -0.39 is 15.2 Å². The van der Waals surface area contributed by atoms with E-state index in [4.69, 9.17) is 34.2 Å². The third-order valence-electron chi connectivity index (χ3n) is 0. The van der Waals surface area contributed by atoms with Crippen molar-refractivity contribution in [3.05, 3.63) is 13.2 Å². The maximum atomic E-state index is 8.56. The minimum Gasteiger partial charge on any atom is -1.00 e. The first-order valence-corrected chi connectivity index (χ1v) is 3.83. The smallest absolute Gasteiger partial charge is 1.00 e. The maximum absolute atomic E-state index is 8.56. The van der Waals surface area contributed by atoms with E-state index >= 15 is 0 Å². The Labute approximate surface area is 93.5 Å². The zero-order chi connectivity index (χ0) is 10.1. The molecule has 0 radical (unpaired) electrons. The zero-order valence-corrected chi connectivity index (χ0v) is 9.51. The van der Waals surface area contributed by atoms with E-state index in [2.05, 4.69) is 13.2 Å². The van der Waals surface area contributed by atoms with Gasteiger partial charge in [-0.15, -0.1) is 13.2 Å². The van der Waals surface area contributed by atoms with Crippen molar-refractivity contribution in [2.24, 2.45) is 0 Å². The van der Waals surface area contributed by atoms with E-state index in [9.17, 15) is 0 Å². The number of hydrogen-bond donors (Lipinski definition) is 6. The molecule has 0 heterocycles. The van der Waals surface area contributed by atoms with Gasteiger partial charge in [0.15, 0.2) is 0 Å². The third-order valence-corrected chi connectivity index (χ3v) is 0. The normalized spacial score (nSPS) is 7.33. The van der Waals surface area contributed by atoms with Crippen LogP contribution in [0.4, 0.5) is 4.79 Å².